The van der Waals surface area contributed by atoms with Crippen molar-refractivity contribution in [1.82, 2.24) is 0 Å². The normalized spacial score (nSPS) is 9.69. The van der Waals surface area contributed by atoms with Crippen LogP contribution >= 0.6 is 136 Å². The Morgan fingerprint density at radius 1 is 0.615 bits per heavy atom. The summed E-state index contributed by atoms with van der Waals surface area (Å²) in [5.41, 5.74) is 0. The zero-order valence-electron chi connectivity index (χ0n) is 6.39. The van der Waals surface area contributed by atoms with Crippen LogP contribution in [0.15, 0.2) is 10.3 Å². The average molecular weight is 852 g/mol. The van der Waals surface area contributed by atoms with E-state index in [9.17, 15) is 0 Å². The van der Waals surface area contributed by atoms with E-state index in [1.165, 1.54) is 29.6 Å². The first-order valence-corrected chi connectivity index (χ1v) is 9.81. The lowest BCUT2D eigenvalue weighted by Crippen LogP contribution is -1.78. The summed E-state index contributed by atoms with van der Waals surface area (Å²) in [5, 5.41) is 0. The Morgan fingerprint density at radius 2 is 0.923 bits per heavy atom. The van der Waals surface area contributed by atoms with Gasteiger partial charge < -0.3 is 0 Å². The molecule has 0 aliphatic heterocycles. The minimum absolute atomic E-state index is 1.22. The van der Waals surface area contributed by atoms with Crippen molar-refractivity contribution in [2.75, 3.05) is 0 Å². The number of halogens is 6. The third-order valence-electron chi connectivity index (χ3n) is 1.20. The van der Waals surface area contributed by atoms with Gasteiger partial charge >= 0.3 is 0 Å². The second-order valence-electron chi connectivity index (χ2n) is 2.18. The van der Waals surface area contributed by atoms with Crippen LogP contribution in [0.2, 0.25) is 0 Å². The smallest absolute Gasteiger partial charge is 0.0475 e. The SMILES string of the molecule is IC(I)=C(I)CCCC(I)=C(I)I. The van der Waals surface area contributed by atoms with Crippen LogP contribution in [0, 0.1) is 0 Å². The van der Waals surface area contributed by atoms with E-state index in [1.54, 1.807) is 0 Å². The van der Waals surface area contributed by atoms with Gasteiger partial charge in [-0.25, -0.2) is 0 Å². The van der Waals surface area contributed by atoms with Crippen molar-refractivity contribution in [1.29, 1.82) is 0 Å². The van der Waals surface area contributed by atoms with Crippen molar-refractivity contribution in [2.24, 2.45) is 0 Å². The highest BCUT2D eigenvalue weighted by Gasteiger charge is 2.00. The molecular formula is C7H6I6. The molecule has 0 nitrogen and oxygen atoms in total. The van der Waals surface area contributed by atoms with Gasteiger partial charge in [-0.05, 0) is 155 Å². The molecule has 6 heteroatoms. The average Bonchev–Trinajstić information content (AvgIpc) is 2.03. The third-order valence-corrected chi connectivity index (χ3v) is 10.1. The molecule has 13 heavy (non-hydrogen) atoms. The van der Waals surface area contributed by atoms with Gasteiger partial charge in [-0.15, -0.1) is 0 Å². The Morgan fingerprint density at radius 3 is 1.15 bits per heavy atom. The Kier molecular flexibility index (Phi) is 12.8. The number of allylic oxidation sites excluding steroid dienone is 2. The molecule has 0 spiro atoms. The Hall–Kier alpha value is 3.86. The van der Waals surface area contributed by atoms with Crippen molar-refractivity contribution in [2.45, 2.75) is 19.3 Å². The summed E-state index contributed by atoms with van der Waals surface area (Å²) in [6.45, 7) is 0. The monoisotopic (exact) mass is 851 g/mol. The van der Waals surface area contributed by atoms with Gasteiger partial charge in [-0.2, -0.15) is 0 Å². The Bertz CT molecular complexity index is 197. The summed E-state index contributed by atoms with van der Waals surface area (Å²) >= 11 is 14.4. The molecule has 0 aliphatic carbocycles. The molecule has 0 saturated heterocycles. The highest BCUT2D eigenvalue weighted by molar-refractivity contribution is 14.2. The zero-order valence-corrected chi connectivity index (χ0v) is 19.3. The van der Waals surface area contributed by atoms with Gasteiger partial charge in [0.25, 0.3) is 0 Å². The molecule has 0 unspecified atom stereocenters. The minimum atomic E-state index is 1.22. The maximum Gasteiger partial charge on any atom is 0.0606 e. The summed E-state index contributed by atoms with van der Waals surface area (Å²) in [4.78, 5) is 0. The molecule has 0 radical (unpaired) electrons. The highest BCUT2D eigenvalue weighted by atomic mass is 127. The van der Waals surface area contributed by atoms with E-state index < -0.39 is 0 Å². The fourth-order valence-corrected chi connectivity index (χ4v) is 2.43. The number of hydrogen-bond acceptors (Lipinski definition) is 0. The Labute approximate surface area is 161 Å². The number of rotatable bonds is 4. The quantitative estimate of drug-likeness (QED) is 0.265. The van der Waals surface area contributed by atoms with Crippen LogP contribution in [-0.4, -0.2) is 0 Å². The lowest BCUT2D eigenvalue weighted by Gasteiger charge is -2.01. The summed E-state index contributed by atoms with van der Waals surface area (Å²) in [6.07, 6.45) is 3.70. The fourth-order valence-electron chi connectivity index (χ4n) is 0.588. The predicted molar refractivity (Wildman–Crippen MR) is 112 cm³/mol. The molecule has 0 heterocycles. The van der Waals surface area contributed by atoms with Crippen molar-refractivity contribution >= 4 is 136 Å². The summed E-state index contributed by atoms with van der Waals surface area (Å²) in [6, 6.07) is 0. The fraction of sp³-hybridized carbons (Fsp3) is 0.429. The van der Waals surface area contributed by atoms with Gasteiger partial charge in [0.05, 0.1) is 3.17 Å². The van der Waals surface area contributed by atoms with Crippen LogP contribution in [0.3, 0.4) is 0 Å². The molecule has 0 rings (SSSR count). The third kappa shape index (κ3) is 9.55. The molecule has 0 fully saturated rings. The van der Waals surface area contributed by atoms with E-state index in [0.717, 1.165) is 0 Å². The molecule has 0 atom stereocenters. The van der Waals surface area contributed by atoms with Crippen LogP contribution in [-0.2, 0) is 0 Å². The maximum absolute atomic E-state index is 2.44. The Balaban J connectivity index is 3.83. The van der Waals surface area contributed by atoms with Gasteiger partial charge in [0, 0.05) is 7.16 Å². The van der Waals surface area contributed by atoms with Gasteiger partial charge in [-0.1, -0.05) is 0 Å². The standard InChI is InChI=1S/C7H6I6/c8-4(6(10)11)2-1-3-5(9)7(12)13/h1-3H2. The first-order chi connectivity index (χ1) is 5.95. The molecule has 76 valence electrons. The van der Waals surface area contributed by atoms with Crippen LogP contribution in [0.1, 0.15) is 19.3 Å². The highest BCUT2D eigenvalue weighted by Crippen LogP contribution is 2.32. The first kappa shape index (κ1) is 16.9. The first-order valence-electron chi connectivity index (χ1n) is 3.34. The maximum atomic E-state index is 2.44. The van der Waals surface area contributed by atoms with E-state index in [-0.39, 0.29) is 0 Å². The molecule has 0 aromatic rings. The van der Waals surface area contributed by atoms with Crippen molar-refractivity contribution in [3.8, 4) is 0 Å². The largest absolute Gasteiger partial charge is 0.0606 e. The lowest BCUT2D eigenvalue weighted by atomic mass is 10.2. The van der Waals surface area contributed by atoms with Crippen LogP contribution in [0.4, 0.5) is 0 Å². The van der Waals surface area contributed by atoms with Crippen LogP contribution < -0.4 is 0 Å². The van der Waals surface area contributed by atoms with Crippen LogP contribution in [0.25, 0.3) is 0 Å². The molecule has 0 N–H and O–H groups in total. The summed E-state index contributed by atoms with van der Waals surface area (Å²) in [7, 11) is 0. The van der Waals surface area contributed by atoms with Crippen molar-refractivity contribution in [3.63, 3.8) is 0 Å². The van der Waals surface area contributed by atoms with Crippen molar-refractivity contribution in [3.05, 3.63) is 10.3 Å². The lowest BCUT2D eigenvalue weighted by molar-refractivity contribution is 0.863. The molecular weight excluding hydrogens is 846 g/mol. The van der Waals surface area contributed by atoms with Gasteiger partial charge in [-0.3, -0.25) is 0 Å². The second-order valence-corrected chi connectivity index (χ2v) is 13.2. The van der Waals surface area contributed by atoms with Gasteiger partial charge in [0.15, 0.2) is 0 Å². The molecule has 0 saturated carbocycles. The van der Waals surface area contributed by atoms with Gasteiger partial charge in [0.1, 0.15) is 0 Å². The molecule has 0 amide bonds. The molecule has 0 aliphatic rings. The zero-order chi connectivity index (χ0) is 10.4. The van der Waals surface area contributed by atoms with Crippen molar-refractivity contribution < 1.29 is 0 Å². The van der Waals surface area contributed by atoms with E-state index >= 15 is 0 Å². The van der Waals surface area contributed by atoms with E-state index in [0.29, 0.717) is 0 Å². The van der Waals surface area contributed by atoms with E-state index in [1.807, 2.05) is 0 Å². The van der Waals surface area contributed by atoms with E-state index in [4.69, 9.17) is 0 Å². The molecule has 0 aromatic heterocycles. The van der Waals surface area contributed by atoms with Crippen LogP contribution in [0.5, 0.6) is 0 Å². The second kappa shape index (κ2) is 9.85. The molecule has 0 aromatic carbocycles. The predicted octanol–water partition coefficient (Wildman–Crippen LogP) is 7.10. The molecule has 0 bridgehead atoms. The topological polar surface area (TPSA) is 0 Å². The van der Waals surface area contributed by atoms with Gasteiger partial charge in [0.2, 0.25) is 0 Å². The minimum Gasteiger partial charge on any atom is -0.0475 e. The summed E-state index contributed by atoms with van der Waals surface area (Å²) in [5.74, 6) is 0. The van der Waals surface area contributed by atoms with E-state index in [2.05, 4.69) is 136 Å². The number of hydrogen-bond donors (Lipinski definition) is 0. The summed E-state index contributed by atoms with van der Waals surface area (Å²) < 4.78 is 5.79.